The molecule has 5 nitrogen and oxygen atoms in total. The first-order chi connectivity index (χ1) is 24.7. The number of para-hydroxylation sites is 1. The fourth-order valence-corrected chi connectivity index (χ4v) is 7.21. The highest BCUT2D eigenvalue weighted by atomic mass is 16.5. The third-order valence-electron chi connectivity index (χ3n) is 9.49. The van der Waals surface area contributed by atoms with E-state index in [0.717, 1.165) is 61.2 Å². The lowest BCUT2D eigenvalue weighted by Gasteiger charge is -2.41. The van der Waals surface area contributed by atoms with E-state index in [4.69, 9.17) is 26.3 Å². The Kier molecular flexibility index (Phi) is 7.00. The molecule has 8 aromatic rings. The Morgan fingerprint density at radius 2 is 1.06 bits per heavy atom. The van der Waals surface area contributed by atoms with E-state index in [0.29, 0.717) is 23.2 Å². The smallest absolute Gasteiger partial charge is 0.187 e. The summed E-state index contributed by atoms with van der Waals surface area (Å²) in [4.78, 5) is 18.7. The van der Waals surface area contributed by atoms with E-state index in [1.54, 1.807) is 12.1 Å². The largest absolute Gasteiger partial charge is 0.457 e. The number of rotatable bonds is 5. The molecule has 0 N–H and O–H groups in total. The average molecular weight is 641 g/mol. The Bertz CT molecular complexity index is 2530. The molecule has 0 spiro atoms. The Morgan fingerprint density at radius 1 is 0.480 bits per heavy atom. The summed E-state index contributed by atoms with van der Waals surface area (Å²) >= 11 is 0. The van der Waals surface area contributed by atoms with Crippen LogP contribution in [0.4, 0.5) is 5.69 Å². The van der Waals surface area contributed by atoms with Crippen LogP contribution < -0.4 is 4.74 Å². The molecule has 0 atom stereocenters. The zero-order chi connectivity index (χ0) is 33.5. The standard InChI is InChI=1S/C45H28N4O/c1-46-35-26-23-31(24-27-35)42-47-43(49-44(48-42)37-20-12-14-30-13-8-9-19-36(30)37)32-25-28-39-41(29-32)50-40-22-11-10-21-38(40)45(39,33-15-4-2-5-16-33)34-17-6-3-7-18-34/h2-29H. The van der Waals surface area contributed by atoms with Crippen molar-refractivity contribution in [3.8, 4) is 45.7 Å². The summed E-state index contributed by atoms with van der Waals surface area (Å²) in [6.45, 7) is 7.42. The molecule has 0 radical (unpaired) electrons. The number of ether oxygens (including phenoxy) is 1. The molecule has 0 saturated carbocycles. The minimum atomic E-state index is -0.617. The molecule has 1 aliphatic rings. The van der Waals surface area contributed by atoms with Crippen molar-refractivity contribution < 1.29 is 4.74 Å². The first kappa shape index (κ1) is 29.3. The Hall–Kier alpha value is -6.90. The fraction of sp³-hybridized carbons (Fsp3) is 0.0222. The average Bonchev–Trinajstić information content (AvgIpc) is 3.20. The predicted molar refractivity (Wildman–Crippen MR) is 198 cm³/mol. The van der Waals surface area contributed by atoms with E-state index in [-0.39, 0.29) is 0 Å². The van der Waals surface area contributed by atoms with Crippen molar-refractivity contribution in [3.05, 3.63) is 204 Å². The minimum absolute atomic E-state index is 0.529. The Morgan fingerprint density at radius 3 is 1.80 bits per heavy atom. The van der Waals surface area contributed by atoms with Crippen molar-refractivity contribution in [1.82, 2.24) is 15.0 Å². The van der Waals surface area contributed by atoms with Gasteiger partial charge >= 0.3 is 0 Å². The second-order valence-corrected chi connectivity index (χ2v) is 12.3. The quantitative estimate of drug-likeness (QED) is 0.176. The zero-order valence-electron chi connectivity index (χ0n) is 26.9. The van der Waals surface area contributed by atoms with Crippen LogP contribution in [-0.2, 0) is 5.41 Å². The molecule has 0 bridgehead atoms. The summed E-state index contributed by atoms with van der Waals surface area (Å²) in [6, 6.07) is 57.7. The van der Waals surface area contributed by atoms with Crippen LogP contribution in [0, 0.1) is 6.57 Å². The molecule has 0 amide bonds. The molecule has 7 aromatic carbocycles. The Labute approximate surface area is 290 Å². The first-order valence-corrected chi connectivity index (χ1v) is 16.5. The zero-order valence-corrected chi connectivity index (χ0v) is 26.9. The van der Waals surface area contributed by atoms with E-state index < -0.39 is 5.41 Å². The van der Waals surface area contributed by atoms with Crippen molar-refractivity contribution in [2.24, 2.45) is 0 Å². The van der Waals surface area contributed by atoms with Crippen LogP contribution in [0.25, 0.3) is 49.8 Å². The van der Waals surface area contributed by atoms with Crippen LogP contribution in [0.5, 0.6) is 11.5 Å². The summed E-state index contributed by atoms with van der Waals surface area (Å²) in [7, 11) is 0. The van der Waals surface area contributed by atoms with Crippen LogP contribution in [0.1, 0.15) is 22.3 Å². The van der Waals surface area contributed by atoms with Crippen molar-refractivity contribution in [3.63, 3.8) is 0 Å². The maximum atomic E-state index is 7.42. The maximum Gasteiger partial charge on any atom is 0.187 e. The minimum Gasteiger partial charge on any atom is -0.457 e. The SMILES string of the molecule is [C-]#[N+]c1ccc(-c2nc(-c3ccc4c(c3)Oc3ccccc3C4(c3ccccc3)c3ccccc3)nc(-c3cccc4ccccc34)n2)cc1. The lowest BCUT2D eigenvalue weighted by molar-refractivity contribution is 0.434. The molecular formula is C45H28N4O. The molecule has 0 saturated heterocycles. The normalized spacial score (nSPS) is 12.7. The Balaban J connectivity index is 1.28. The molecule has 50 heavy (non-hydrogen) atoms. The summed E-state index contributed by atoms with van der Waals surface area (Å²) in [5.74, 6) is 3.17. The van der Waals surface area contributed by atoms with Gasteiger partial charge < -0.3 is 4.74 Å². The highest BCUT2D eigenvalue weighted by Crippen LogP contribution is 2.55. The van der Waals surface area contributed by atoms with E-state index in [1.165, 1.54) is 0 Å². The molecule has 234 valence electrons. The molecule has 0 unspecified atom stereocenters. The molecule has 0 fully saturated rings. The highest BCUT2D eigenvalue weighted by molar-refractivity contribution is 5.95. The second-order valence-electron chi connectivity index (χ2n) is 12.3. The molecular weight excluding hydrogens is 613 g/mol. The van der Waals surface area contributed by atoms with Gasteiger partial charge in [-0.25, -0.2) is 19.8 Å². The van der Waals surface area contributed by atoms with Crippen molar-refractivity contribution in [1.29, 1.82) is 0 Å². The first-order valence-electron chi connectivity index (χ1n) is 16.5. The highest BCUT2D eigenvalue weighted by Gasteiger charge is 2.45. The molecule has 9 rings (SSSR count). The van der Waals surface area contributed by atoms with Gasteiger partial charge in [0.05, 0.1) is 12.0 Å². The summed E-state index contributed by atoms with van der Waals surface area (Å²) < 4.78 is 6.75. The number of hydrogen-bond acceptors (Lipinski definition) is 4. The lowest BCUT2D eigenvalue weighted by atomic mass is 9.63. The van der Waals surface area contributed by atoms with Gasteiger partial charge in [0.25, 0.3) is 0 Å². The summed E-state index contributed by atoms with van der Waals surface area (Å²) in [5.41, 5.74) is 6.90. The molecule has 2 heterocycles. The third kappa shape index (κ3) is 4.74. The van der Waals surface area contributed by atoms with Gasteiger partial charge in [-0.15, -0.1) is 0 Å². The van der Waals surface area contributed by atoms with Crippen LogP contribution in [0.2, 0.25) is 0 Å². The van der Waals surface area contributed by atoms with Crippen LogP contribution in [0.3, 0.4) is 0 Å². The van der Waals surface area contributed by atoms with E-state index in [1.807, 2.05) is 48.5 Å². The number of aromatic nitrogens is 3. The van der Waals surface area contributed by atoms with Gasteiger partial charge in [-0.1, -0.05) is 158 Å². The van der Waals surface area contributed by atoms with Gasteiger partial charge in [0.15, 0.2) is 23.2 Å². The molecule has 5 heteroatoms. The summed E-state index contributed by atoms with van der Waals surface area (Å²) in [6.07, 6.45) is 0. The number of nitrogens with zero attached hydrogens (tertiary/aromatic N) is 4. The topological polar surface area (TPSA) is 52.3 Å². The number of fused-ring (bicyclic) bond motifs is 3. The van der Waals surface area contributed by atoms with Crippen LogP contribution in [0.15, 0.2) is 170 Å². The number of benzene rings is 7. The predicted octanol–water partition coefficient (Wildman–Crippen LogP) is 11.1. The maximum absolute atomic E-state index is 7.42. The van der Waals surface area contributed by atoms with E-state index >= 15 is 0 Å². The van der Waals surface area contributed by atoms with Crippen molar-refractivity contribution in [2.45, 2.75) is 5.41 Å². The molecule has 0 aliphatic carbocycles. The monoisotopic (exact) mass is 640 g/mol. The second kappa shape index (κ2) is 12.0. The molecule has 1 aromatic heterocycles. The van der Waals surface area contributed by atoms with Crippen molar-refractivity contribution >= 4 is 16.5 Å². The van der Waals surface area contributed by atoms with Gasteiger partial charge in [0, 0.05) is 27.8 Å². The van der Waals surface area contributed by atoms with Crippen LogP contribution >= 0.6 is 0 Å². The van der Waals surface area contributed by atoms with Crippen molar-refractivity contribution in [2.75, 3.05) is 0 Å². The fourth-order valence-electron chi connectivity index (χ4n) is 7.21. The van der Waals surface area contributed by atoms with Gasteiger partial charge in [-0.2, -0.15) is 0 Å². The number of hydrogen-bond donors (Lipinski definition) is 0. The van der Waals surface area contributed by atoms with Gasteiger partial charge in [0.2, 0.25) is 0 Å². The van der Waals surface area contributed by atoms with E-state index in [9.17, 15) is 0 Å². The lowest BCUT2D eigenvalue weighted by Crippen LogP contribution is -2.34. The van der Waals surface area contributed by atoms with Gasteiger partial charge in [-0.05, 0) is 34.0 Å². The van der Waals surface area contributed by atoms with Gasteiger partial charge in [-0.3, -0.25) is 0 Å². The third-order valence-corrected chi connectivity index (χ3v) is 9.49. The van der Waals surface area contributed by atoms with E-state index in [2.05, 4.69) is 114 Å². The summed E-state index contributed by atoms with van der Waals surface area (Å²) in [5, 5.41) is 2.16. The molecule has 1 aliphatic heterocycles. The van der Waals surface area contributed by atoms with Gasteiger partial charge in [0.1, 0.15) is 11.5 Å². The van der Waals surface area contributed by atoms with Crippen LogP contribution in [-0.4, -0.2) is 15.0 Å².